The van der Waals surface area contributed by atoms with Crippen molar-refractivity contribution < 1.29 is 14.3 Å². The molecule has 0 spiro atoms. The smallest absolute Gasteiger partial charge is 0.434 e. The maximum atomic E-state index is 11.0. The Bertz CT molecular complexity index is 172. The van der Waals surface area contributed by atoms with Crippen LogP contribution < -0.4 is 0 Å². The number of carbonyl (C=O) groups excluding carboxylic acids is 1. The van der Waals surface area contributed by atoms with Crippen molar-refractivity contribution in [3.05, 3.63) is 0 Å². The van der Waals surface area contributed by atoms with Gasteiger partial charge in [-0.25, -0.2) is 4.79 Å². The Morgan fingerprint density at radius 1 is 1.12 bits per heavy atom. The summed E-state index contributed by atoms with van der Waals surface area (Å²) in [7, 11) is 0. The largest absolute Gasteiger partial charge is 0.509 e. The van der Waals surface area contributed by atoms with Gasteiger partial charge in [0.15, 0.2) is 4.11 Å². The first-order chi connectivity index (χ1) is 7.66. The first kappa shape index (κ1) is 16.0. The number of alkyl halides is 1. The van der Waals surface area contributed by atoms with E-state index in [0.29, 0.717) is 6.61 Å². The summed E-state index contributed by atoms with van der Waals surface area (Å²) in [5, 5.41) is 0. The van der Waals surface area contributed by atoms with Gasteiger partial charge in [0, 0.05) is 0 Å². The number of hydrogen-bond acceptors (Lipinski definition) is 3. The minimum atomic E-state index is -0.548. The van der Waals surface area contributed by atoms with Gasteiger partial charge in [0.2, 0.25) is 0 Å². The van der Waals surface area contributed by atoms with Crippen LogP contribution in [0, 0.1) is 0 Å². The predicted octanol–water partition coefficient (Wildman–Crippen LogP) is 4.67. The first-order valence-electron chi connectivity index (χ1n) is 6.14. The van der Waals surface area contributed by atoms with Crippen molar-refractivity contribution in [1.29, 1.82) is 0 Å². The van der Waals surface area contributed by atoms with Gasteiger partial charge in [-0.15, -0.1) is 0 Å². The van der Waals surface area contributed by atoms with Crippen molar-refractivity contribution in [2.75, 3.05) is 6.61 Å². The summed E-state index contributed by atoms with van der Waals surface area (Å²) >= 11 is 2.02. The van der Waals surface area contributed by atoms with Gasteiger partial charge >= 0.3 is 6.16 Å². The van der Waals surface area contributed by atoms with Crippen LogP contribution in [0.3, 0.4) is 0 Å². The summed E-state index contributed by atoms with van der Waals surface area (Å²) < 4.78 is 9.62. The molecule has 0 aromatic carbocycles. The van der Waals surface area contributed by atoms with Crippen LogP contribution in [0.4, 0.5) is 4.79 Å². The Hall–Kier alpha value is 0. The molecule has 0 saturated heterocycles. The van der Waals surface area contributed by atoms with E-state index in [1.807, 2.05) is 22.6 Å². The molecule has 0 aliphatic heterocycles. The Labute approximate surface area is 112 Å². The standard InChI is InChI=1S/C12H23IO3/c1-3-4-5-6-7-8-9-10-15-12(14)16-11(2)13/h11H,3-10H2,1-2H3. The van der Waals surface area contributed by atoms with Crippen LogP contribution in [0.2, 0.25) is 0 Å². The average Bonchev–Trinajstić information content (AvgIpc) is 2.21. The van der Waals surface area contributed by atoms with Gasteiger partial charge in [-0.05, 0) is 35.9 Å². The number of unbranched alkanes of at least 4 members (excludes halogenated alkanes) is 6. The Morgan fingerprint density at radius 3 is 2.25 bits per heavy atom. The summed E-state index contributed by atoms with van der Waals surface area (Å²) in [4.78, 5) is 11.0. The lowest BCUT2D eigenvalue weighted by Crippen LogP contribution is -2.11. The molecule has 0 aliphatic rings. The van der Waals surface area contributed by atoms with Gasteiger partial charge in [-0.1, -0.05) is 45.4 Å². The number of carbonyl (C=O) groups is 1. The molecule has 4 heteroatoms. The lowest BCUT2D eigenvalue weighted by atomic mass is 10.1. The highest BCUT2D eigenvalue weighted by molar-refractivity contribution is 14.1. The summed E-state index contributed by atoms with van der Waals surface area (Å²) in [6, 6.07) is 0. The monoisotopic (exact) mass is 342 g/mol. The van der Waals surface area contributed by atoms with E-state index in [9.17, 15) is 4.79 Å². The summed E-state index contributed by atoms with van der Waals surface area (Å²) in [6.45, 7) is 4.50. The molecule has 1 atom stereocenters. The molecule has 96 valence electrons. The molecule has 16 heavy (non-hydrogen) atoms. The number of rotatable bonds is 9. The zero-order valence-electron chi connectivity index (χ0n) is 10.3. The van der Waals surface area contributed by atoms with E-state index in [-0.39, 0.29) is 4.11 Å². The first-order valence-corrected chi connectivity index (χ1v) is 7.39. The minimum absolute atomic E-state index is 0.126. The molecule has 0 aromatic heterocycles. The molecule has 0 aliphatic carbocycles. The maximum absolute atomic E-state index is 11.0. The molecule has 0 saturated carbocycles. The molecule has 0 amide bonds. The second-order valence-electron chi connectivity index (χ2n) is 3.88. The van der Waals surface area contributed by atoms with Crippen LogP contribution in [0.5, 0.6) is 0 Å². The average molecular weight is 342 g/mol. The number of ether oxygens (including phenoxy) is 2. The molecule has 0 rings (SSSR count). The Balaban J connectivity index is 3.11. The zero-order chi connectivity index (χ0) is 12.2. The fraction of sp³-hybridized carbons (Fsp3) is 0.917. The summed E-state index contributed by atoms with van der Waals surface area (Å²) in [5.74, 6) is 0. The van der Waals surface area contributed by atoms with Crippen LogP contribution in [0.25, 0.3) is 0 Å². The van der Waals surface area contributed by atoms with Crippen molar-refractivity contribution in [2.45, 2.75) is 62.9 Å². The summed E-state index contributed by atoms with van der Waals surface area (Å²) in [5.41, 5.74) is 0. The molecule has 0 bridgehead atoms. The van der Waals surface area contributed by atoms with Crippen molar-refractivity contribution in [3.8, 4) is 0 Å². The fourth-order valence-electron chi connectivity index (χ4n) is 1.38. The van der Waals surface area contributed by atoms with Crippen molar-refractivity contribution in [1.82, 2.24) is 0 Å². The molecular formula is C12H23IO3. The SMILES string of the molecule is CCCCCCCCCOC(=O)OC(C)I. The zero-order valence-corrected chi connectivity index (χ0v) is 12.5. The molecular weight excluding hydrogens is 319 g/mol. The van der Waals surface area contributed by atoms with E-state index in [2.05, 4.69) is 6.92 Å². The van der Waals surface area contributed by atoms with Crippen LogP contribution in [0.1, 0.15) is 58.8 Å². The Morgan fingerprint density at radius 2 is 1.69 bits per heavy atom. The van der Waals surface area contributed by atoms with Crippen molar-refractivity contribution >= 4 is 28.7 Å². The molecule has 3 nitrogen and oxygen atoms in total. The number of halogens is 1. The van der Waals surface area contributed by atoms with Crippen molar-refractivity contribution in [3.63, 3.8) is 0 Å². The molecule has 0 radical (unpaired) electrons. The lowest BCUT2D eigenvalue weighted by molar-refractivity contribution is 0.0537. The fourth-order valence-corrected chi connectivity index (χ4v) is 1.59. The normalized spacial score (nSPS) is 12.2. The van der Waals surface area contributed by atoms with Crippen LogP contribution >= 0.6 is 22.6 Å². The molecule has 0 aromatic rings. The van der Waals surface area contributed by atoms with Gasteiger partial charge in [0.25, 0.3) is 0 Å². The minimum Gasteiger partial charge on any atom is -0.434 e. The van der Waals surface area contributed by atoms with E-state index < -0.39 is 6.16 Å². The highest BCUT2D eigenvalue weighted by atomic mass is 127. The predicted molar refractivity (Wildman–Crippen MR) is 73.9 cm³/mol. The van der Waals surface area contributed by atoms with Gasteiger partial charge in [-0.2, -0.15) is 0 Å². The van der Waals surface area contributed by atoms with Gasteiger partial charge < -0.3 is 9.47 Å². The highest BCUT2D eigenvalue weighted by Crippen LogP contribution is 2.07. The van der Waals surface area contributed by atoms with Crippen LogP contribution in [-0.4, -0.2) is 16.9 Å². The van der Waals surface area contributed by atoms with E-state index in [4.69, 9.17) is 9.47 Å². The number of hydrogen-bond donors (Lipinski definition) is 0. The second kappa shape index (κ2) is 11.5. The third-order valence-electron chi connectivity index (χ3n) is 2.23. The Kier molecular flexibility index (Phi) is 11.5. The summed E-state index contributed by atoms with van der Waals surface area (Å²) in [6.07, 6.45) is 8.00. The third kappa shape index (κ3) is 12.1. The van der Waals surface area contributed by atoms with Gasteiger partial charge in [-0.3, -0.25) is 0 Å². The van der Waals surface area contributed by atoms with Crippen molar-refractivity contribution in [2.24, 2.45) is 0 Å². The second-order valence-corrected chi connectivity index (χ2v) is 5.63. The van der Waals surface area contributed by atoms with E-state index in [1.54, 1.807) is 6.92 Å². The maximum Gasteiger partial charge on any atom is 0.509 e. The quantitative estimate of drug-likeness (QED) is 0.264. The highest BCUT2D eigenvalue weighted by Gasteiger charge is 2.06. The van der Waals surface area contributed by atoms with Crippen LogP contribution in [0.15, 0.2) is 0 Å². The van der Waals surface area contributed by atoms with E-state index in [0.717, 1.165) is 12.8 Å². The van der Waals surface area contributed by atoms with E-state index in [1.165, 1.54) is 32.1 Å². The van der Waals surface area contributed by atoms with Gasteiger partial charge in [0.1, 0.15) is 0 Å². The van der Waals surface area contributed by atoms with E-state index >= 15 is 0 Å². The van der Waals surface area contributed by atoms with Gasteiger partial charge in [0.05, 0.1) is 6.61 Å². The molecule has 0 fully saturated rings. The molecule has 1 unspecified atom stereocenters. The topological polar surface area (TPSA) is 35.5 Å². The lowest BCUT2D eigenvalue weighted by Gasteiger charge is -2.07. The third-order valence-corrected chi connectivity index (χ3v) is 2.48. The van der Waals surface area contributed by atoms with Crippen LogP contribution in [-0.2, 0) is 9.47 Å². The molecule has 0 heterocycles. The molecule has 0 N–H and O–H groups in total.